The van der Waals surface area contributed by atoms with Crippen LogP contribution in [0.5, 0.6) is 5.75 Å². The number of nitrogens with zero attached hydrogens (tertiary/aromatic N) is 6. The van der Waals surface area contributed by atoms with Crippen LogP contribution in [-0.2, 0) is 14.4 Å². The van der Waals surface area contributed by atoms with Crippen LogP contribution in [0.25, 0.3) is 22.2 Å². The van der Waals surface area contributed by atoms with E-state index in [0.717, 1.165) is 115 Å². The largest absolute Gasteiger partial charge is 0.507 e. The molecule has 17 heteroatoms. The number of carbonyl (C=O) groups is 3. The number of para-hydroxylation sites is 1. The number of aliphatic hydroxyl groups is 1. The molecule has 0 saturated carbocycles. The Morgan fingerprint density at radius 1 is 0.955 bits per heavy atom. The molecule has 3 saturated heterocycles. The molecule has 8 rings (SSSR count). The number of aromatic nitrogens is 3. The lowest BCUT2D eigenvalue weighted by Crippen LogP contribution is -2.59. The molecule has 2 aromatic carbocycles. The number of thiazole rings is 1. The summed E-state index contributed by atoms with van der Waals surface area (Å²) in [7, 11) is 0. The van der Waals surface area contributed by atoms with Crippen LogP contribution in [0.15, 0.2) is 54.0 Å². The molecule has 3 fully saturated rings. The number of piperidine rings is 2. The fourth-order valence-electron chi connectivity index (χ4n) is 9.89. The van der Waals surface area contributed by atoms with Gasteiger partial charge in [-0.15, -0.1) is 11.3 Å². The lowest BCUT2D eigenvalue weighted by atomic mass is 9.85. The molecule has 4 aliphatic rings. The third-order valence-corrected chi connectivity index (χ3v) is 14.6. The second-order valence-electron chi connectivity index (χ2n) is 19.5. The molecular weight excluding hydrogens is 855 g/mol. The van der Waals surface area contributed by atoms with E-state index < -0.39 is 23.6 Å². The lowest BCUT2D eigenvalue weighted by Gasteiger charge is -2.38. The zero-order chi connectivity index (χ0) is 46.7. The van der Waals surface area contributed by atoms with E-state index in [1.54, 1.807) is 17.4 Å². The second-order valence-corrected chi connectivity index (χ2v) is 20.4. The number of fused-ring (bicyclic) bond motifs is 1. The molecule has 2 aromatic heterocycles. The van der Waals surface area contributed by atoms with Crippen LogP contribution in [0.3, 0.4) is 0 Å². The van der Waals surface area contributed by atoms with Crippen molar-refractivity contribution in [1.29, 1.82) is 0 Å². The first-order chi connectivity index (χ1) is 31.7. The van der Waals surface area contributed by atoms with E-state index in [1.165, 1.54) is 4.90 Å². The van der Waals surface area contributed by atoms with Crippen molar-refractivity contribution in [3.8, 4) is 16.2 Å². The zero-order valence-electron chi connectivity index (χ0n) is 39.1. The third kappa shape index (κ3) is 10.5. The highest BCUT2D eigenvalue weighted by atomic mass is 32.1. The summed E-state index contributed by atoms with van der Waals surface area (Å²) in [6.45, 7) is 17.2. The molecule has 66 heavy (non-hydrogen) atoms. The van der Waals surface area contributed by atoms with Gasteiger partial charge in [0, 0.05) is 44.7 Å². The molecule has 0 aliphatic carbocycles. The third-order valence-electron chi connectivity index (χ3n) is 13.6. The lowest BCUT2D eigenvalue weighted by molar-refractivity contribution is -0.144. The highest BCUT2D eigenvalue weighted by Crippen LogP contribution is 2.38. The molecule has 354 valence electrons. The minimum Gasteiger partial charge on any atom is -0.507 e. The summed E-state index contributed by atoms with van der Waals surface area (Å²) in [5, 5.41) is 35.8. The van der Waals surface area contributed by atoms with Crippen LogP contribution in [0.2, 0.25) is 0 Å². The number of hydrogen-bond donors (Lipinski definition) is 7. The number of hydrogen-bond acceptors (Lipinski definition) is 13. The van der Waals surface area contributed by atoms with Crippen molar-refractivity contribution in [3.63, 3.8) is 0 Å². The van der Waals surface area contributed by atoms with Gasteiger partial charge in [0.1, 0.15) is 23.5 Å². The highest BCUT2D eigenvalue weighted by molar-refractivity contribution is 7.13. The van der Waals surface area contributed by atoms with Crippen molar-refractivity contribution in [1.82, 2.24) is 45.5 Å². The minimum absolute atomic E-state index is 0.0265. The smallest absolute Gasteiger partial charge is 0.246 e. The van der Waals surface area contributed by atoms with Crippen LogP contribution in [-0.4, -0.2) is 128 Å². The molecule has 0 spiro atoms. The van der Waals surface area contributed by atoms with Gasteiger partial charge in [0.2, 0.25) is 17.7 Å². The number of likely N-dealkylation sites (tertiary alicyclic amines) is 3. The van der Waals surface area contributed by atoms with Gasteiger partial charge in [-0.3, -0.25) is 34.8 Å². The van der Waals surface area contributed by atoms with E-state index in [2.05, 4.69) is 59.3 Å². The number of aryl methyl sites for hydroxylation is 1. The van der Waals surface area contributed by atoms with Crippen molar-refractivity contribution >= 4 is 52.3 Å². The number of aliphatic hydroxyl groups excluding tert-OH is 1. The van der Waals surface area contributed by atoms with Crippen molar-refractivity contribution in [2.45, 2.75) is 104 Å². The molecule has 4 aliphatic heterocycles. The number of aromatic hydroxyl groups is 1. The van der Waals surface area contributed by atoms with E-state index in [0.29, 0.717) is 5.92 Å². The maximum atomic E-state index is 14.3. The maximum absolute atomic E-state index is 14.3. The molecule has 4 atom stereocenters. The maximum Gasteiger partial charge on any atom is 0.246 e. The van der Waals surface area contributed by atoms with Crippen LogP contribution >= 0.6 is 11.3 Å². The number of benzene rings is 2. The van der Waals surface area contributed by atoms with E-state index in [4.69, 9.17) is 5.10 Å². The fourth-order valence-corrected chi connectivity index (χ4v) is 10.7. The number of β-amino-alcohol motifs (C(OH)–C–C–N with tert-alkyl or cyclic N) is 1. The molecule has 0 bridgehead atoms. The highest BCUT2D eigenvalue weighted by Gasteiger charge is 2.45. The van der Waals surface area contributed by atoms with Crippen molar-refractivity contribution in [3.05, 3.63) is 76.6 Å². The summed E-state index contributed by atoms with van der Waals surface area (Å²) in [5.41, 5.74) is 14.1. The molecule has 0 unspecified atom stereocenters. The van der Waals surface area contributed by atoms with Gasteiger partial charge in [-0.1, -0.05) is 57.2 Å². The summed E-state index contributed by atoms with van der Waals surface area (Å²) in [4.78, 5) is 53.4. The number of phenols is 1. The van der Waals surface area contributed by atoms with Gasteiger partial charge < -0.3 is 36.0 Å². The first-order valence-electron chi connectivity index (χ1n) is 23.6. The molecule has 6 heterocycles. The molecule has 16 nitrogen and oxygen atoms in total. The molecule has 7 N–H and O–H groups in total. The average molecular weight is 922 g/mol. The Balaban J connectivity index is 0.810. The van der Waals surface area contributed by atoms with Crippen LogP contribution in [0.1, 0.15) is 101 Å². The predicted molar refractivity (Wildman–Crippen MR) is 259 cm³/mol. The fraction of sp³-hybridized carbons (Fsp3) is 0.531. The summed E-state index contributed by atoms with van der Waals surface area (Å²) in [5.74, 6) is 0.641. The summed E-state index contributed by atoms with van der Waals surface area (Å²) >= 11 is 1.59. The minimum atomic E-state index is -0.878. The summed E-state index contributed by atoms with van der Waals surface area (Å²) < 4.78 is 2.15. The standard InChI is InChI=1S/C49H67N11O5S/c1-7-50-46-43-39(25-38(54-55-43)37-10-8-9-11-41(37)62)60(56-46)35-18-22-57(23-19-35)26-32-16-20-58(21-17-32)28-42(63)53-45(49(4,5)6)48(65)59-27-36(61)24-40(59)47(64)52-30(2)33-12-14-34(15-13-33)44-31(3)51-29-66-44/h8-15,25,29-30,32,35-36,40,45,54-55,61-62H,7,16-24,26-28H2,1-6H3,(H,50,56)(H,52,64)(H,53,63)/t30-,36+,40-,45+/m0/s1. The van der Waals surface area contributed by atoms with Gasteiger partial charge in [0.15, 0.2) is 5.82 Å². The van der Waals surface area contributed by atoms with Crippen LogP contribution < -0.4 is 26.8 Å². The van der Waals surface area contributed by atoms with E-state index in [-0.39, 0.29) is 55.1 Å². The van der Waals surface area contributed by atoms with Gasteiger partial charge in [0.25, 0.3) is 0 Å². The van der Waals surface area contributed by atoms with Crippen molar-refractivity contribution in [2.75, 3.05) is 63.1 Å². The Labute approximate surface area is 392 Å². The molecule has 0 radical (unpaired) electrons. The quantitative estimate of drug-likeness (QED) is 0.0830. The zero-order valence-corrected chi connectivity index (χ0v) is 40.0. The van der Waals surface area contributed by atoms with Crippen LogP contribution in [0, 0.1) is 18.3 Å². The number of nitrogens with one attached hydrogen (secondary N) is 5. The summed E-state index contributed by atoms with van der Waals surface area (Å²) in [6, 6.07) is 13.5. The van der Waals surface area contributed by atoms with Gasteiger partial charge in [-0.25, -0.2) is 4.98 Å². The predicted octanol–water partition coefficient (Wildman–Crippen LogP) is 5.60. The topological polar surface area (TPSA) is 192 Å². The Morgan fingerprint density at radius 3 is 2.33 bits per heavy atom. The molecule has 3 amide bonds. The normalized spacial score (nSPS) is 20.7. The Morgan fingerprint density at radius 2 is 1.67 bits per heavy atom. The van der Waals surface area contributed by atoms with Gasteiger partial charge in [-0.05, 0) is 100 Å². The number of carbonyl (C=O) groups excluding carboxylic acids is 3. The van der Waals surface area contributed by atoms with E-state index >= 15 is 0 Å². The van der Waals surface area contributed by atoms with Gasteiger partial charge >= 0.3 is 0 Å². The molecule has 4 aromatic rings. The second kappa shape index (κ2) is 20.2. The number of phenolic OH excluding ortho intramolecular Hbond substituents is 1. The first-order valence-corrected chi connectivity index (χ1v) is 24.5. The number of rotatable bonds is 14. The van der Waals surface area contributed by atoms with E-state index in [9.17, 15) is 24.6 Å². The first kappa shape index (κ1) is 47.0. The number of amides is 3. The molecular formula is C49H67N11O5S. The number of anilines is 2. The summed E-state index contributed by atoms with van der Waals surface area (Å²) in [6.07, 6.45) is 5.28. The van der Waals surface area contributed by atoms with Crippen molar-refractivity contribution in [2.24, 2.45) is 11.3 Å². The SMILES string of the molecule is CCNc1nn(C2CCN(CC3CCN(CC(=O)N[C@H](C(=O)N4C[C@H](O)C[C@H]4C(=O)N[C@@H](C)c4ccc(-c5scnc5C)cc4)C(C)(C)C)CC3)CC2)c2c1NNC(c1ccccc1O)=C2. The van der Waals surface area contributed by atoms with Gasteiger partial charge in [0.05, 0.1) is 52.2 Å². The Hall–Kier alpha value is -5.49. The monoisotopic (exact) mass is 922 g/mol. The Kier molecular flexibility index (Phi) is 14.4. The van der Waals surface area contributed by atoms with E-state index in [1.807, 2.05) is 82.6 Å². The van der Waals surface area contributed by atoms with Gasteiger partial charge in [-0.2, -0.15) is 5.10 Å². The number of hydrazine groups is 1. The van der Waals surface area contributed by atoms with Crippen molar-refractivity contribution < 1.29 is 24.6 Å². The average Bonchev–Trinajstić information content (AvgIpc) is 4.02. The Bertz CT molecular complexity index is 2380. The van der Waals surface area contributed by atoms with Crippen LogP contribution in [0.4, 0.5) is 11.5 Å².